The molecule has 0 spiro atoms. The average molecular weight is 348 g/mol. The monoisotopic (exact) mass is 348 g/mol. The van der Waals surface area contributed by atoms with Crippen molar-refractivity contribution in [1.29, 1.82) is 0 Å². The van der Waals surface area contributed by atoms with Gasteiger partial charge in [-0.3, -0.25) is 0 Å². The highest BCUT2D eigenvalue weighted by Crippen LogP contribution is 2.33. The summed E-state index contributed by atoms with van der Waals surface area (Å²) in [5, 5.41) is 3.46. The second-order valence-corrected chi connectivity index (χ2v) is 7.13. The third-order valence-electron chi connectivity index (χ3n) is 4.38. The van der Waals surface area contributed by atoms with E-state index in [9.17, 15) is 0 Å². The maximum Gasteiger partial charge on any atom is 0.122 e. The summed E-state index contributed by atoms with van der Waals surface area (Å²) >= 11 is 1.72. The van der Waals surface area contributed by atoms with E-state index in [0.717, 1.165) is 34.8 Å². The Bertz CT molecular complexity index is 997. The number of rotatable bonds is 4. The maximum absolute atomic E-state index is 5.56. The van der Waals surface area contributed by atoms with Crippen molar-refractivity contribution in [3.8, 4) is 0 Å². The third kappa shape index (κ3) is 3.08. The Morgan fingerprint density at radius 3 is 2.88 bits per heavy atom. The summed E-state index contributed by atoms with van der Waals surface area (Å²) < 4.78 is 1.21. The van der Waals surface area contributed by atoms with Crippen molar-refractivity contribution in [2.75, 3.05) is 13.1 Å². The molecule has 25 heavy (non-hydrogen) atoms. The molecule has 0 radical (unpaired) electrons. The van der Waals surface area contributed by atoms with Gasteiger partial charge in [0, 0.05) is 23.7 Å². The minimum Gasteiger partial charge on any atom is -0.339 e. The van der Waals surface area contributed by atoms with Gasteiger partial charge in [-0.1, -0.05) is 30.3 Å². The molecule has 1 aromatic heterocycles. The molecule has 3 aromatic rings. The molecule has 2 aromatic carbocycles. The molecule has 2 N–H and O–H groups in total. The highest BCUT2D eigenvalue weighted by molar-refractivity contribution is 7.19. The van der Waals surface area contributed by atoms with Gasteiger partial charge >= 0.3 is 0 Å². The summed E-state index contributed by atoms with van der Waals surface area (Å²) in [6, 6.07) is 12.7. The first-order valence-electron chi connectivity index (χ1n) is 8.44. The quantitative estimate of drug-likeness (QED) is 0.761. The average Bonchev–Trinajstić information content (AvgIpc) is 3.11. The zero-order chi connectivity index (χ0) is 17.2. The highest BCUT2D eigenvalue weighted by Gasteiger charge is 2.12. The van der Waals surface area contributed by atoms with Crippen molar-refractivity contribution in [3.63, 3.8) is 0 Å². The number of thiazole rings is 1. The predicted octanol–water partition coefficient (Wildman–Crippen LogP) is 4.39. The van der Waals surface area contributed by atoms with Crippen molar-refractivity contribution in [2.45, 2.75) is 13.3 Å². The molecular formula is C20H20N4S. The van der Waals surface area contributed by atoms with Crippen LogP contribution in [0.4, 0.5) is 0 Å². The van der Waals surface area contributed by atoms with Crippen molar-refractivity contribution >= 4 is 44.2 Å². The summed E-state index contributed by atoms with van der Waals surface area (Å²) in [6.45, 7) is 3.68. The van der Waals surface area contributed by atoms with Crippen LogP contribution in [-0.4, -0.2) is 29.3 Å². The van der Waals surface area contributed by atoms with E-state index in [1.807, 2.05) is 6.34 Å². The van der Waals surface area contributed by atoms with Gasteiger partial charge in [-0.2, -0.15) is 0 Å². The largest absolute Gasteiger partial charge is 0.339 e. The number of aliphatic imine (C=N–C) groups is 1. The fraction of sp³-hybridized carbons (Fsp3) is 0.200. The van der Waals surface area contributed by atoms with E-state index in [-0.39, 0.29) is 0 Å². The maximum atomic E-state index is 5.56. The topological polar surface area (TPSA) is 54.5 Å². The summed E-state index contributed by atoms with van der Waals surface area (Å²) in [5.74, 6) is 0. The first-order valence-corrected chi connectivity index (χ1v) is 9.25. The molecule has 0 aliphatic carbocycles. The van der Waals surface area contributed by atoms with Crippen LogP contribution in [0.5, 0.6) is 0 Å². The molecule has 1 aliphatic heterocycles. The number of hydrogen-bond acceptors (Lipinski definition) is 5. The molecule has 4 nitrogen and oxygen atoms in total. The summed E-state index contributed by atoms with van der Waals surface area (Å²) in [4.78, 5) is 11.6. The number of benzene rings is 2. The van der Waals surface area contributed by atoms with Gasteiger partial charge in [-0.25, -0.2) is 9.98 Å². The molecule has 0 unspecified atom stereocenters. The third-order valence-corrected chi connectivity index (χ3v) is 5.52. The molecule has 1 aliphatic rings. The lowest BCUT2D eigenvalue weighted by molar-refractivity contribution is 0.545. The fourth-order valence-corrected chi connectivity index (χ4v) is 3.93. The number of aromatic nitrogens is 1. The van der Waals surface area contributed by atoms with Crippen LogP contribution in [-0.2, 0) is 0 Å². The van der Waals surface area contributed by atoms with Crippen LogP contribution >= 0.6 is 11.3 Å². The first kappa shape index (κ1) is 16.0. The molecule has 0 amide bonds. The van der Waals surface area contributed by atoms with Crippen LogP contribution in [0, 0.1) is 0 Å². The number of fused-ring (bicyclic) bond motifs is 3. The van der Waals surface area contributed by atoms with Gasteiger partial charge in [0.25, 0.3) is 0 Å². The van der Waals surface area contributed by atoms with Gasteiger partial charge in [0.1, 0.15) is 5.01 Å². The van der Waals surface area contributed by atoms with Gasteiger partial charge in [-0.05, 0) is 37.4 Å². The van der Waals surface area contributed by atoms with Crippen LogP contribution in [0.1, 0.15) is 18.4 Å². The molecular weight excluding hydrogens is 328 g/mol. The molecule has 0 saturated carbocycles. The van der Waals surface area contributed by atoms with E-state index < -0.39 is 0 Å². The van der Waals surface area contributed by atoms with E-state index in [1.165, 1.54) is 15.5 Å². The van der Waals surface area contributed by atoms with Crippen molar-refractivity contribution in [3.05, 3.63) is 59.4 Å². The van der Waals surface area contributed by atoms with Gasteiger partial charge in [0.15, 0.2) is 0 Å². The highest BCUT2D eigenvalue weighted by atomic mass is 32.1. The summed E-state index contributed by atoms with van der Waals surface area (Å²) in [6.07, 6.45) is 6.94. The Balaban J connectivity index is 1.70. The lowest BCUT2D eigenvalue weighted by Crippen LogP contribution is -2.21. The van der Waals surface area contributed by atoms with Crippen molar-refractivity contribution < 1.29 is 0 Å². The van der Waals surface area contributed by atoms with Crippen LogP contribution < -0.4 is 5.73 Å². The second-order valence-electron chi connectivity index (χ2n) is 6.10. The lowest BCUT2D eigenvalue weighted by atomic mass is 10.1. The van der Waals surface area contributed by atoms with Crippen molar-refractivity contribution in [2.24, 2.45) is 10.7 Å². The number of allylic oxidation sites excluding steroid dienone is 2. The SMILES string of the molecule is CC(=C1C=CN(CCCN)C=N1)c1nc2c(ccc3ccccc32)s1. The zero-order valence-corrected chi connectivity index (χ0v) is 15.0. The number of nitrogens with two attached hydrogens (primary N) is 1. The van der Waals surface area contributed by atoms with E-state index in [4.69, 9.17) is 10.7 Å². The molecule has 2 heterocycles. The number of hydrogen-bond donors (Lipinski definition) is 1. The van der Waals surface area contributed by atoms with Gasteiger partial charge < -0.3 is 10.6 Å². The lowest BCUT2D eigenvalue weighted by Gasteiger charge is -2.17. The first-order chi connectivity index (χ1) is 12.3. The van der Waals surface area contributed by atoms with Gasteiger partial charge in [0.05, 0.1) is 22.3 Å². The van der Waals surface area contributed by atoms with E-state index >= 15 is 0 Å². The molecule has 0 fully saturated rings. The van der Waals surface area contributed by atoms with Gasteiger partial charge in [-0.15, -0.1) is 11.3 Å². The van der Waals surface area contributed by atoms with E-state index in [1.54, 1.807) is 11.3 Å². The van der Waals surface area contributed by atoms with E-state index in [0.29, 0.717) is 6.54 Å². The Hall–Kier alpha value is -2.50. The number of nitrogens with zero attached hydrogens (tertiary/aromatic N) is 3. The molecule has 4 rings (SSSR count). The molecule has 0 bridgehead atoms. The van der Waals surface area contributed by atoms with Crippen LogP contribution in [0.2, 0.25) is 0 Å². The molecule has 0 atom stereocenters. The molecule has 126 valence electrons. The van der Waals surface area contributed by atoms with Crippen LogP contribution in [0.15, 0.2) is 59.4 Å². The smallest absolute Gasteiger partial charge is 0.122 e. The van der Waals surface area contributed by atoms with Crippen LogP contribution in [0.3, 0.4) is 0 Å². The Labute approximate surface area is 151 Å². The fourth-order valence-electron chi connectivity index (χ4n) is 2.94. The summed E-state index contributed by atoms with van der Waals surface area (Å²) in [7, 11) is 0. The van der Waals surface area contributed by atoms with Crippen LogP contribution in [0.25, 0.3) is 26.6 Å². The Morgan fingerprint density at radius 1 is 1.20 bits per heavy atom. The second kappa shape index (κ2) is 6.78. The Kier molecular flexibility index (Phi) is 4.34. The zero-order valence-electron chi connectivity index (χ0n) is 14.1. The van der Waals surface area contributed by atoms with E-state index in [2.05, 4.69) is 65.5 Å². The normalized spacial score (nSPS) is 16.2. The minimum atomic E-state index is 0.694. The van der Waals surface area contributed by atoms with Crippen molar-refractivity contribution in [1.82, 2.24) is 9.88 Å². The molecule has 5 heteroatoms. The minimum absolute atomic E-state index is 0.694. The van der Waals surface area contributed by atoms with Gasteiger partial charge in [0.2, 0.25) is 0 Å². The summed E-state index contributed by atoms with van der Waals surface area (Å²) in [5.41, 5.74) is 8.71. The Morgan fingerprint density at radius 2 is 2.08 bits per heavy atom. The molecule has 0 saturated heterocycles. The predicted molar refractivity (Wildman–Crippen MR) is 108 cm³/mol. The standard InChI is InChI=1S/C20H20N4S/c1-14(17-9-12-24(13-22-17)11-4-10-21)20-23-19-16-6-3-2-5-15(16)7-8-18(19)25-20/h2-3,5-9,12-13H,4,10-11,21H2,1H3.